The largest absolute Gasteiger partial charge is 0.493 e. The van der Waals surface area contributed by atoms with Crippen LogP contribution < -0.4 is 9.47 Å². The highest BCUT2D eigenvalue weighted by atomic mass is 16.5. The van der Waals surface area contributed by atoms with E-state index in [0.717, 1.165) is 22.6 Å². The van der Waals surface area contributed by atoms with Crippen molar-refractivity contribution >= 4 is 11.9 Å². The highest BCUT2D eigenvalue weighted by Gasteiger charge is 2.07. The van der Waals surface area contributed by atoms with Crippen molar-refractivity contribution in [2.45, 2.75) is 20.8 Å². The van der Waals surface area contributed by atoms with Crippen LogP contribution in [0.15, 0.2) is 35.3 Å². The molecule has 0 aliphatic heterocycles. The van der Waals surface area contributed by atoms with Crippen molar-refractivity contribution in [2.24, 2.45) is 4.99 Å². The Kier molecular flexibility index (Phi) is 4.63. The number of ether oxygens (including phenoxy) is 2. The zero-order valence-corrected chi connectivity index (χ0v) is 13.2. The van der Waals surface area contributed by atoms with Crippen molar-refractivity contribution in [3.05, 3.63) is 52.6 Å². The van der Waals surface area contributed by atoms with Gasteiger partial charge >= 0.3 is 0 Å². The normalized spacial score (nSPS) is 10.9. The van der Waals surface area contributed by atoms with E-state index in [1.165, 1.54) is 11.1 Å². The van der Waals surface area contributed by atoms with E-state index in [1.54, 1.807) is 14.2 Å². The van der Waals surface area contributed by atoms with Crippen LogP contribution in [-0.2, 0) is 0 Å². The molecule has 21 heavy (non-hydrogen) atoms. The van der Waals surface area contributed by atoms with Gasteiger partial charge in [-0.05, 0) is 55.7 Å². The lowest BCUT2D eigenvalue weighted by Gasteiger charge is -2.10. The minimum atomic E-state index is 0.713. The fourth-order valence-electron chi connectivity index (χ4n) is 2.22. The molecule has 0 fully saturated rings. The Morgan fingerprint density at radius 2 is 1.52 bits per heavy atom. The van der Waals surface area contributed by atoms with Crippen LogP contribution in [-0.4, -0.2) is 20.4 Å². The molecular formula is C18H21NO2. The summed E-state index contributed by atoms with van der Waals surface area (Å²) in [7, 11) is 3.28. The van der Waals surface area contributed by atoms with E-state index >= 15 is 0 Å². The average Bonchev–Trinajstić information content (AvgIpc) is 2.47. The molecule has 3 nitrogen and oxygen atoms in total. The van der Waals surface area contributed by atoms with Crippen molar-refractivity contribution in [3.63, 3.8) is 0 Å². The van der Waals surface area contributed by atoms with Crippen molar-refractivity contribution in [2.75, 3.05) is 14.2 Å². The summed E-state index contributed by atoms with van der Waals surface area (Å²) in [6.45, 7) is 6.19. The van der Waals surface area contributed by atoms with Crippen LogP contribution in [0.3, 0.4) is 0 Å². The number of benzene rings is 2. The molecule has 2 aromatic carbocycles. The monoisotopic (exact) mass is 283 g/mol. The zero-order chi connectivity index (χ0) is 15.4. The maximum absolute atomic E-state index is 5.34. The van der Waals surface area contributed by atoms with Gasteiger partial charge in [-0.3, -0.25) is 4.99 Å². The van der Waals surface area contributed by atoms with Gasteiger partial charge < -0.3 is 9.47 Å². The number of methoxy groups -OCH3 is 2. The predicted octanol–water partition coefficient (Wildman–Crippen LogP) is 4.38. The minimum absolute atomic E-state index is 0.713. The molecule has 0 aromatic heterocycles. The molecule has 2 aromatic rings. The average molecular weight is 283 g/mol. The fraction of sp³-hybridized carbons (Fsp3) is 0.278. The second kappa shape index (κ2) is 6.44. The first-order valence-electron chi connectivity index (χ1n) is 6.89. The van der Waals surface area contributed by atoms with E-state index in [2.05, 4.69) is 31.0 Å². The van der Waals surface area contributed by atoms with Gasteiger partial charge in [0.15, 0.2) is 11.5 Å². The van der Waals surface area contributed by atoms with E-state index < -0.39 is 0 Å². The third kappa shape index (κ3) is 3.43. The third-order valence-corrected chi connectivity index (χ3v) is 3.47. The molecule has 0 amide bonds. The van der Waals surface area contributed by atoms with E-state index in [9.17, 15) is 0 Å². The number of aliphatic imine (C=N–C) groups is 1. The summed E-state index contributed by atoms with van der Waals surface area (Å²) in [4.78, 5) is 4.59. The Bertz CT molecular complexity index is 675. The first-order chi connectivity index (χ1) is 10.0. The van der Waals surface area contributed by atoms with Crippen LogP contribution >= 0.6 is 0 Å². The number of nitrogens with zero attached hydrogens (tertiary/aromatic N) is 1. The molecule has 0 N–H and O–H groups in total. The van der Waals surface area contributed by atoms with Gasteiger partial charge in [-0.1, -0.05) is 17.7 Å². The Balaban J connectivity index is 2.36. The Morgan fingerprint density at radius 3 is 2.14 bits per heavy atom. The lowest BCUT2D eigenvalue weighted by Crippen LogP contribution is -1.95. The van der Waals surface area contributed by atoms with E-state index in [4.69, 9.17) is 9.47 Å². The fourth-order valence-corrected chi connectivity index (χ4v) is 2.22. The highest BCUT2D eigenvalue weighted by Crippen LogP contribution is 2.30. The molecule has 0 aliphatic rings. The standard InChI is InChI=1S/C18H21NO2/c1-12-6-7-16(14(3)8-12)19-11-15-10-18(21-5)17(20-4)9-13(15)2/h6-11H,1-5H3. The van der Waals surface area contributed by atoms with Crippen molar-refractivity contribution < 1.29 is 9.47 Å². The summed E-state index contributed by atoms with van der Waals surface area (Å²) in [5.41, 5.74) is 5.52. The van der Waals surface area contributed by atoms with Gasteiger partial charge in [0.2, 0.25) is 0 Å². The van der Waals surface area contributed by atoms with Crippen molar-refractivity contribution in [1.82, 2.24) is 0 Å². The molecular weight excluding hydrogens is 262 g/mol. The summed E-state index contributed by atoms with van der Waals surface area (Å²) in [6.07, 6.45) is 1.87. The van der Waals surface area contributed by atoms with Crippen molar-refractivity contribution in [3.8, 4) is 11.5 Å². The summed E-state index contributed by atoms with van der Waals surface area (Å²) < 4.78 is 10.6. The number of aryl methyl sites for hydroxylation is 3. The van der Waals surface area contributed by atoms with Crippen LogP contribution in [0, 0.1) is 20.8 Å². The smallest absolute Gasteiger partial charge is 0.161 e. The first kappa shape index (κ1) is 15.1. The lowest BCUT2D eigenvalue weighted by molar-refractivity contribution is 0.354. The maximum Gasteiger partial charge on any atom is 0.161 e. The van der Waals surface area contributed by atoms with E-state index in [1.807, 2.05) is 31.3 Å². The number of hydrogen-bond donors (Lipinski definition) is 0. The Labute approximate surface area is 126 Å². The summed E-state index contributed by atoms with van der Waals surface area (Å²) in [6, 6.07) is 10.1. The van der Waals surface area contributed by atoms with Crippen molar-refractivity contribution in [1.29, 1.82) is 0 Å². The molecule has 0 unspecified atom stereocenters. The van der Waals surface area contributed by atoms with Crippen LogP contribution in [0.5, 0.6) is 11.5 Å². The highest BCUT2D eigenvalue weighted by molar-refractivity contribution is 5.85. The van der Waals surface area contributed by atoms with Gasteiger partial charge in [0.05, 0.1) is 19.9 Å². The second-order valence-corrected chi connectivity index (χ2v) is 5.11. The molecule has 0 spiro atoms. The van der Waals surface area contributed by atoms with Gasteiger partial charge in [0, 0.05) is 6.21 Å². The molecule has 110 valence electrons. The molecule has 0 radical (unpaired) electrons. The topological polar surface area (TPSA) is 30.8 Å². The van der Waals surface area contributed by atoms with Crippen LogP contribution in [0.4, 0.5) is 5.69 Å². The Hall–Kier alpha value is -2.29. The van der Waals surface area contributed by atoms with E-state index in [0.29, 0.717) is 5.75 Å². The van der Waals surface area contributed by atoms with Crippen LogP contribution in [0.2, 0.25) is 0 Å². The van der Waals surface area contributed by atoms with Gasteiger partial charge in [0.25, 0.3) is 0 Å². The predicted molar refractivity (Wildman–Crippen MR) is 87.5 cm³/mol. The maximum atomic E-state index is 5.34. The molecule has 0 saturated heterocycles. The van der Waals surface area contributed by atoms with Gasteiger partial charge in [0.1, 0.15) is 0 Å². The van der Waals surface area contributed by atoms with Crippen LogP contribution in [0.1, 0.15) is 22.3 Å². The van der Waals surface area contributed by atoms with E-state index in [-0.39, 0.29) is 0 Å². The summed E-state index contributed by atoms with van der Waals surface area (Å²) >= 11 is 0. The van der Waals surface area contributed by atoms with Gasteiger partial charge in [-0.15, -0.1) is 0 Å². The number of hydrogen-bond acceptors (Lipinski definition) is 3. The molecule has 2 rings (SSSR count). The summed E-state index contributed by atoms with van der Waals surface area (Å²) in [5, 5.41) is 0. The first-order valence-corrected chi connectivity index (χ1v) is 6.89. The van der Waals surface area contributed by atoms with Gasteiger partial charge in [-0.2, -0.15) is 0 Å². The third-order valence-electron chi connectivity index (χ3n) is 3.47. The van der Waals surface area contributed by atoms with Crippen LogP contribution in [0.25, 0.3) is 0 Å². The molecule has 0 saturated carbocycles. The molecule has 3 heteroatoms. The number of rotatable bonds is 4. The summed E-state index contributed by atoms with van der Waals surface area (Å²) in [5.74, 6) is 1.45. The minimum Gasteiger partial charge on any atom is -0.493 e. The molecule has 0 atom stereocenters. The Morgan fingerprint density at radius 1 is 0.857 bits per heavy atom. The SMILES string of the molecule is COc1cc(C)c(C=Nc2ccc(C)cc2C)cc1OC. The lowest BCUT2D eigenvalue weighted by atomic mass is 10.1. The zero-order valence-electron chi connectivity index (χ0n) is 13.2. The second-order valence-electron chi connectivity index (χ2n) is 5.11. The molecule has 0 heterocycles. The molecule has 0 bridgehead atoms. The quantitative estimate of drug-likeness (QED) is 0.780. The molecule has 0 aliphatic carbocycles. The van der Waals surface area contributed by atoms with Gasteiger partial charge in [-0.25, -0.2) is 0 Å².